The predicted molar refractivity (Wildman–Crippen MR) is 108 cm³/mol. The summed E-state index contributed by atoms with van der Waals surface area (Å²) in [4.78, 5) is 2.29. The lowest BCUT2D eigenvalue weighted by molar-refractivity contribution is 0.110. The first-order valence-electron chi connectivity index (χ1n) is 9.13. The average Bonchev–Trinajstić information content (AvgIpc) is 2.66. The standard InChI is InChI=1S/C22H22ClN5/c1-21(2,3)28-8-7-16-17(10-24)20(27)22(12-25,13-26)19(18(16)11-28)14-5-4-6-15(23)9-14/h4-7,9,18-19H,8,11,27H2,1-3H3. The van der Waals surface area contributed by atoms with Gasteiger partial charge in [0.25, 0.3) is 0 Å². The molecule has 0 spiro atoms. The highest BCUT2D eigenvalue weighted by Gasteiger charge is 2.54. The molecular formula is C22H22ClN5. The number of halogens is 1. The van der Waals surface area contributed by atoms with Gasteiger partial charge in [0.05, 0.1) is 23.4 Å². The maximum Gasteiger partial charge on any atom is 0.191 e. The minimum atomic E-state index is -1.63. The molecule has 6 heteroatoms. The molecule has 0 bridgehead atoms. The van der Waals surface area contributed by atoms with Crippen molar-refractivity contribution in [2.45, 2.75) is 32.2 Å². The number of fused-ring (bicyclic) bond motifs is 1. The molecule has 2 atom stereocenters. The van der Waals surface area contributed by atoms with Crippen LogP contribution in [0.2, 0.25) is 5.02 Å². The van der Waals surface area contributed by atoms with E-state index in [9.17, 15) is 15.8 Å². The van der Waals surface area contributed by atoms with Crippen LogP contribution in [-0.4, -0.2) is 23.5 Å². The van der Waals surface area contributed by atoms with Crippen LogP contribution < -0.4 is 5.73 Å². The average molecular weight is 392 g/mol. The highest BCUT2D eigenvalue weighted by atomic mass is 35.5. The van der Waals surface area contributed by atoms with Crippen LogP contribution in [0.5, 0.6) is 0 Å². The van der Waals surface area contributed by atoms with Crippen LogP contribution in [-0.2, 0) is 0 Å². The Balaban J connectivity index is 2.31. The van der Waals surface area contributed by atoms with Crippen LogP contribution in [0.25, 0.3) is 0 Å². The van der Waals surface area contributed by atoms with Crippen molar-refractivity contribution in [2.75, 3.05) is 13.1 Å². The predicted octanol–water partition coefficient (Wildman–Crippen LogP) is 3.86. The van der Waals surface area contributed by atoms with Crippen molar-refractivity contribution in [2.24, 2.45) is 17.1 Å². The van der Waals surface area contributed by atoms with Crippen LogP contribution in [0.4, 0.5) is 0 Å². The number of rotatable bonds is 1. The Morgan fingerprint density at radius 2 is 1.89 bits per heavy atom. The number of allylic oxidation sites excluding steroid dienone is 2. The Bertz CT molecular complexity index is 979. The Morgan fingerprint density at radius 1 is 1.21 bits per heavy atom. The molecule has 142 valence electrons. The second kappa shape index (κ2) is 6.99. The second-order valence-electron chi connectivity index (χ2n) is 8.31. The van der Waals surface area contributed by atoms with Crippen LogP contribution in [0.1, 0.15) is 32.3 Å². The molecule has 28 heavy (non-hydrogen) atoms. The number of nitrogens with two attached hydrogens (primary N) is 1. The van der Waals surface area contributed by atoms with E-state index in [2.05, 4.69) is 43.9 Å². The Morgan fingerprint density at radius 3 is 2.43 bits per heavy atom. The largest absolute Gasteiger partial charge is 0.399 e. The molecule has 1 aromatic rings. The van der Waals surface area contributed by atoms with E-state index in [0.717, 1.165) is 11.1 Å². The van der Waals surface area contributed by atoms with E-state index in [1.165, 1.54) is 0 Å². The molecule has 0 aromatic heterocycles. The van der Waals surface area contributed by atoms with E-state index in [4.69, 9.17) is 17.3 Å². The van der Waals surface area contributed by atoms with Gasteiger partial charge in [-0.25, -0.2) is 0 Å². The molecule has 0 amide bonds. The van der Waals surface area contributed by atoms with Gasteiger partial charge in [-0.3, -0.25) is 4.90 Å². The van der Waals surface area contributed by atoms with Gasteiger partial charge in [-0.15, -0.1) is 0 Å². The summed E-state index contributed by atoms with van der Waals surface area (Å²) < 4.78 is 0. The van der Waals surface area contributed by atoms with Crippen LogP contribution in [0.3, 0.4) is 0 Å². The van der Waals surface area contributed by atoms with Gasteiger partial charge in [0, 0.05) is 35.5 Å². The molecular weight excluding hydrogens is 370 g/mol. The summed E-state index contributed by atoms with van der Waals surface area (Å²) in [6.45, 7) is 7.68. The van der Waals surface area contributed by atoms with E-state index >= 15 is 0 Å². The summed E-state index contributed by atoms with van der Waals surface area (Å²) >= 11 is 6.23. The van der Waals surface area contributed by atoms with Gasteiger partial charge >= 0.3 is 0 Å². The van der Waals surface area contributed by atoms with Crippen LogP contribution in [0.15, 0.2) is 47.2 Å². The summed E-state index contributed by atoms with van der Waals surface area (Å²) in [5, 5.41) is 30.5. The number of benzene rings is 1. The summed E-state index contributed by atoms with van der Waals surface area (Å²) in [7, 11) is 0. The third kappa shape index (κ3) is 2.96. The summed E-state index contributed by atoms with van der Waals surface area (Å²) in [5.41, 5.74) is 6.49. The Kier molecular flexibility index (Phi) is 4.99. The third-order valence-electron chi connectivity index (χ3n) is 5.82. The van der Waals surface area contributed by atoms with E-state index in [1.54, 1.807) is 12.1 Å². The zero-order valence-corrected chi connectivity index (χ0v) is 17.0. The molecule has 1 aliphatic carbocycles. The van der Waals surface area contributed by atoms with Crippen molar-refractivity contribution in [3.8, 4) is 18.2 Å². The second-order valence-corrected chi connectivity index (χ2v) is 8.74. The third-order valence-corrected chi connectivity index (χ3v) is 6.06. The molecule has 0 fully saturated rings. The van der Waals surface area contributed by atoms with E-state index < -0.39 is 11.3 Å². The molecule has 0 saturated heterocycles. The minimum Gasteiger partial charge on any atom is -0.399 e. The molecule has 3 rings (SSSR count). The number of hydrogen-bond donors (Lipinski definition) is 1. The lowest BCUT2D eigenvalue weighted by atomic mass is 9.58. The number of hydrogen-bond acceptors (Lipinski definition) is 5. The molecule has 0 saturated carbocycles. The van der Waals surface area contributed by atoms with Gasteiger partial charge in [0.2, 0.25) is 0 Å². The lowest BCUT2D eigenvalue weighted by Crippen LogP contribution is -2.52. The lowest BCUT2D eigenvalue weighted by Gasteiger charge is -2.48. The first kappa shape index (κ1) is 20.0. The highest BCUT2D eigenvalue weighted by Crippen LogP contribution is 2.54. The van der Waals surface area contributed by atoms with Crippen molar-refractivity contribution in [3.05, 3.63) is 57.8 Å². The number of nitrogens with zero attached hydrogens (tertiary/aromatic N) is 4. The maximum atomic E-state index is 10.1. The van der Waals surface area contributed by atoms with E-state index in [-0.39, 0.29) is 22.7 Å². The van der Waals surface area contributed by atoms with E-state index in [0.29, 0.717) is 18.1 Å². The Hall–Kier alpha value is -2.78. The molecule has 0 radical (unpaired) electrons. The van der Waals surface area contributed by atoms with Crippen molar-refractivity contribution in [1.29, 1.82) is 15.8 Å². The smallest absolute Gasteiger partial charge is 0.191 e. The zero-order valence-electron chi connectivity index (χ0n) is 16.2. The summed E-state index contributed by atoms with van der Waals surface area (Å²) in [6, 6.07) is 13.7. The van der Waals surface area contributed by atoms with Crippen LogP contribution >= 0.6 is 11.6 Å². The van der Waals surface area contributed by atoms with Gasteiger partial charge in [0.1, 0.15) is 6.07 Å². The molecule has 1 aliphatic heterocycles. The fourth-order valence-corrected chi connectivity index (χ4v) is 4.50. The molecule has 5 nitrogen and oxygen atoms in total. The SMILES string of the molecule is CC(C)(C)N1CC=C2C(C#N)=C(N)C(C#N)(C#N)C(c3cccc(Cl)c3)C2C1. The first-order valence-corrected chi connectivity index (χ1v) is 9.51. The zero-order chi connectivity index (χ0) is 20.7. The topological polar surface area (TPSA) is 101 Å². The number of nitriles is 3. The quantitative estimate of drug-likeness (QED) is 0.783. The molecule has 2 unspecified atom stereocenters. The molecule has 2 N–H and O–H groups in total. The minimum absolute atomic E-state index is 0.0386. The van der Waals surface area contributed by atoms with E-state index in [1.807, 2.05) is 18.2 Å². The molecule has 2 aliphatic rings. The highest BCUT2D eigenvalue weighted by molar-refractivity contribution is 6.30. The van der Waals surface area contributed by atoms with Gasteiger partial charge in [-0.2, -0.15) is 15.8 Å². The van der Waals surface area contributed by atoms with Gasteiger partial charge < -0.3 is 5.73 Å². The van der Waals surface area contributed by atoms with Crippen molar-refractivity contribution < 1.29 is 0 Å². The molecule has 1 aromatic carbocycles. The van der Waals surface area contributed by atoms with Crippen molar-refractivity contribution >= 4 is 11.6 Å². The van der Waals surface area contributed by atoms with Gasteiger partial charge in [0.15, 0.2) is 5.41 Å². The molecule has 1 heterocycles. The summed E-state index contributed by atoms with van der Waals surface area (Å²) in [5.74, 6) is -0.734. The fraction of sp³-hybridized carbons (Fsp3) is 0.409. The van der Waals surface area contributed by atoms with Crippen molar-refractivity contribution in [1.82, 2.24) is 4.90 Å². The normalized spacial score (nSPS) is 24.4. The summed E-state index contributed by atoms with van der Waals surface area (Å²) in [6.07, 6.45) is 2.01. The van der Waals surface area contributed by atoms with Gasteiger partial charge in [-0.05, 0) is 44.0 Å². The fourth-order valence-electron chi connectivity index (χ4n) is 4.30. The van der Waals surface area contributed by atoms with Gasteiger partial charge in [-0.1, -0.05) is 29.8 Å². The van der Waals surface area contributed by atoms with Crippen LogP contribution in [0, 0.1) is 45.3 Å². The first-order chi connectivity index (χ1) is 13.2. The van der Waals surface area contributed by atoms with Crippen molar-refractivity contribution in [3.63, 3.8) is 0 Å². The maximum absolute atomic E-state index is 10.1. The Labute approximate surface area is 170 Å². The monoisotopic (exact) mass is 391 g/mol.